The summed E-state index contributed by atoms with van der Waals surface area (Å²) in [4.78, 5) is 16.3. The fourth-order valence-corrected chi connectivity index (χ4v) is 3.09. The number of benzene rings is 1. The first-order chi connectivity index (χ1) is 10.1. The lowest BCUT2D eigenvalue weighted by atomic mass is 10.0. The number of aromatic nitrogens is 1. The molecule has 0 unspecified atom stereocenters. The van der Waals surface area contributed by atoms with E-state index in [1.165, 1.54) is 16.7 Å². The first-order valence-electron chi connectivity index (χ1n) is 7.41. The zero-order valence-corrected chi connectivity index (χ0v) is 12.5. The van der Waals surface area contributed by atoms with Gasteiger partial charge in [-0.3, -0.25) is 9.78 Å². The van der Waals surface area contributed by atoms with E-state index in [1.807, 2.05) is 12.1 Å². The Kier molecular flexibility index (Phi) is 3.74. The minimum Gasteiger partial charge on any atom is -0.349 e. The minimum absolute atomic E-state index is 0.0641. The number of hydrogen-bond donors (Lipinski definition) is 1. The number of pyridine rings is 1. The highest BCUT2D eigenvalue weighted by Gasteiger charge is 2.30. The van der Waals surface area contributed by atoms with Crippen molar-refractivity contribution in [3.63, 3.8) is 0 Å². The van der Waals surface area contributed by atoms with Gasteiger partial charge in [-0.05, 0) is 42.0 Å². The molecule has 1 aliphatic carbocycles. The number of carbonyl (C=O) groups excluding carboxylic acids is 1. The topological polar surface area (TPSA) is 42.0 Å². The number of fused-ring (bicyclic) bond motifs is 1. The normalized spacial score (nSPS) is 20.1. The lowest BCUT2D eigenvalue weighted by Gasteiger charge is -2.19. The van der Waals surface area contributed by atoms with Gasteiger partial charge in [0.2, 0.25) is 5.91 Å². The van der Waals surface area contributed by atoms with E-state index in [-0.39, 0.29) is 11.9 Å². The first-order valence-corrected chi connectivity index (χ1v) is 7.41. The Labute approximate surface area is 125 Å². The van der Waals surface area contributed by atoms with Crippen LogP contribution in [0.4, 0.5) is 0 Å². The number of nitrogens with one attached hydrogen (secondary N) is 1. The van der Waals surface area contributed by atoms with Crippen molar-refractivity contribution in [3.8, 4) is 0 Å². The molecule has 3 rings (SSSR count). The Morgan fingerprint density at radius 3 is 3.00 bits per heavy atom. The highest BCUT2D eigenvalue weighted by atomic mass is 16.1. The standard InChI is InChI=1S/C18H20N2O/c1-12-5-6-15-9-13(2)18(16(15)8-12)20-17(21)10-14-4-3-7-19-11-14/h3-8,11,13,18H,9-10H2,1-2H3,(H,20,21)/t13-,18-/m0/s1. The van der Waals surface area contributed by atoms with Crippen LogP contribution in [0.3, 0.4) is 0 Å². The second kappa shape index (κ2) is 5.68. The van der Waals surface area contributed by atoms with Gasteiger partial charge >= 0.3 is 0 Å². The van der Waals surface area contributed by atoms with Crippen molar-refractivity contribution in [2.45, 2.75) is 32.7 Å². The van der Waals surface area contributed by atoms with Crippen LogP contribution in [0.25, 0.3) is 0 Å². The zero-order valence-electron chi connectivity index (χ0n) is 12.5. The molecule has 0 fully saturated rings. The van der Waals surface area contributed by atoms with Crippen LogP contribution in [-0.2, 0) is 17.6 Å². The van der Waals surface area contributed by atoms with Crippen molar-refractivity contribution in [2.75, 3.05) is 0 Å². The average Bonchev–Trinajstić information content (AvgIpc) is 2.76. The SMILES string of the molecule is Cc1ccc2c(c1)[C@@H](NC(=O)Cc1cccnc1)[C@@H](C)C2. The van der Waals surface area contributed by atoms with Crippen LogP contribution < -0.4 is 5.32 Å². The van der Waals surface area contributed by atoms with Crippen LogP contribution in [0.5, 0.6) is 0 Å². The molecule has 1 heterocycles. The molecule has 0 spiro atoms. The summed E-state index contributed by atoms with van der Waals surface area (Å²) in [5, 5.41) is 3.19. The van der Waals surface area contributed by atoms with E-state index in [1.54, 1.807) is 12.4 Å². The van der Waals surface area contributed by atoms with Crippen molar-refractivity contribution in [1.82, 2.24) is 10.3 Å². The Bertz CT molecular complexity index is 652. The molecule has 0 saturated carbocycles. The Morgan fingerprint density at radius 1 is 1.38 bits per heavy atom. The summed E-state index contributed by atoms with van der Waals surface area (Å²) < 4.78 is 0. The van der Waals surface area contributed by atoms with Gasteiger partial charge in [-0.1, -0.05) is 36.8 Å². The summed E-state index contributed by atoms with van der Waals surface area (Å²) in [5.41, 5.74) is 4.83. The van der Waals surface area contributed by atoms with Gasteiger partial charge in [-0.15, -0.1) is 0 Å². The van der Waals surface area contributed by atoms with Gasteiger partial charge in [0.15, 0.2) is 0 Å². The molecule has 21 heavy (non-hydrogen) atoms. The van der Waals surface area contributed by atoms with Crippen LogP contribution in [0, 0.1) is 12.8 Å². The number of hydrogen-bond acceptors (Lipinski definition) is 2. The van der Waals surface area contributed by atoms with Crippen LogP contribution in [0.2, 0.25) is 0 Å². The Morgan fingerprint density at radius 2 is 2.24 bits per heavy atom. The summed E-state index contributed by atoms with van der Waals surface area (Å²) in [5.74, 6) is 0.508. The molecular formula is C18H20N2O. The molecule has 108 valence electrons. The number of carbonyl (C=O) groups is 1. The Balaban J connectivity index is 1.73. The van der Waals surface area contributed by atoms with Crippen molar-refractivity contribution >= 4 is 5.91 Å². The molecule has 3 nitrogen and oxygen atoms in total. The third-order valence-electron chi connectivity index (χ3n) is 4.15. The molecule has 1 aromatic carbocycles. The van der Waals surface area contributed by atoms with Crippen LogP contribution in [0.15, 0.2) is 42.7 Å². The third kappa shape index (κ3) is 2.97. The largest absolute Gasteiger partial charge is 0.349 e. The Hall–Kier alpha value is -2.16. The molecular weight excluding hydrogens is 260 g/mol. The summed E-state index contributed by atoms with van der Waals surface area (Å²) >= 11 is 0. The molecule has 3 heteroatoms. The molecule has 1 aliphatic rings. The lowest BCUT2D eigenvalue weighted by Crippen LogP contribution is -2.31. The van der Waals surface area contributed by atoms with E-state index in [2.05, 4.69) is 42.3 Å². The fourth-order valence-electron chi connectivity index (χ4n) is 3.09. The van der Waals surface area contributed by atoms with Gasteiger partial charge in [0.05, 0.1) is 12.5 Å². The second-order valence-corrected chi connectivity index (χ2v) is 5.97. The third-order valence-corrected chi connectivity index (χ3v) is 4.15. The van der Waals surface area contributed by atoms with E-state index in [9.17, 15) is 4.79 Å². The molecule has 0 bridgehead atoms. The van der Waals surface area contributed by atoms with Crippen LogP contribution >= 0.6 is 0 Å². The summed E-state index contributed by atoms with van der Waals surface area (Å²) in [7, 11) is 0. The maximum atomic E-state index is 12.3. The lowest BCUT2D eigenvalue weighted by molar-refractivity contribution is -0.121. The predicted octanol–water partition coefficient (Wildman–Crippen LogP) is 2.98. The maximum absolute atomic E-state index is 12.3. The predicted molar refractivity (Wildman–Crippen MR) is 82.9 cm³/mol. The number of nitrogens with zero attached hydrogens (tertiary/aromatic N) is 1. The van der Waals surface area contributed by atoms with E-state index in [0.29, 0.717) is 12.3 Å². The zero-order chi connectivity index (χ0) is 14.8. The molecule has 1 amide bonds. The molecule has 0 saturated heterocycles. The average molecular weight is 280 g/mol. The second-order valence-electron chi connectivity index (χ2n) is 5.97. The van der Waals surface area contributed by atoms with E-state index < -0.39 is 0 Å². The number of aryl methyl sites for hydroxylation is 1. The summed E-state index contributed by atoms with van der Waals surface area (Å²) in [6.45, 7) is 4.29. The van der Waals surface area contributed by atoms with E-state index >= 15 is 0 Å². The van der Waals surface area contributed by atoms with Gasteiger partial charge in [-0.25, -0.2) is 0 Å². The van der Waals surface area contributed by atoms with Crippen molar-refractivity contribution in [3.05, 3.63) is 65.0 Å². The van der Waals surface area contributed by atoms with Crippen molar-refractivity contribution in [2.24, 2.45) is 5.92 Å². The molecule has 1 aromatic heterocycles. The molecule has 0 aliphatic heterocycles. The quantitative estimate of drug-likeness (QED) is 0.939. The highest BCUT2D eigenvalue weighted by molar-refractivity contribution is 5.79. The van der Waals surface area contributed by atoms with E-state index in [0.717, 1.165) is 12.0 Å². The van der Waals surface area contributed by atoms with Crippen molar-refractivity contribution in [1.29, 1.82) is 0 Å². The van der Waals surface area contributed by atoms with Gasteiger partial charge in [0, 0.05) is 12.4 Å². The molecule has 2 aromatic rings. The maximum Gasteiger partial charge on any atom is 0.224 e. The summed E-state index contributed by atoms with van der Waals surface area (Å²) in [6, 6.07) is 10.5. The minimum atomic E-state index is 0.0641. The van der Waals surface area contributed by atoms with Crippen LogP contribution in [-0.4, -0.2) is 10.9 Å². The van der Waals surface area contributed by atoms with E-state index in [4.69, 9.17) is 0 Å². The number of amides is 1. The molecule has 0 radical (unpaired) electrons. The van der Waals surface area contributed by atoms with Crippen LogP contribution in [0.1, 0.15) is 35.2 Å². The van der Waals surface area contributed by atoms with Crippen molar-refractivity contribution < 1.29 is 4.79 Å². The monoisotopic (exact) mass is 280 g/mol. The highest BCUT2D eigenvalue weighted by Crippen LogP contribution is 2.36. The van der Waals surface area contributed by atoms with Gasteiger partial charge in [0.25, 0.3) is 0 Å². The van der Waals surface area contributed by atoms with Gasteiger partial charge in [-0.2, -0.15) is 0 Å². The summed E-state index contributed by atoms with van der Waals surface area (Å²) in [6.07, 6.45) is 4.89. The van der Waals surface area contributed by atoms with Gasteiger partial charge in [0.1, 0.15) is 0 Å². The first kappa shape index (κ1) is 13.8. The number of rotatable bonds is 3. The molecule has 2 atom stereocenters. The fraction of sp³-hybridized carbons (Fsp3) is 0.333. The smallest absolute Gasteiger partial charge is 0.224 e. The molecule has 1 N–H and O–H groups in total. The van der Waals surface area contributed by atoms with Gasteiger partial charge < -0.3 is 5.32 Å².